The van der Waals surface area contributed by atoms with Crippen molar-refractivity contribution in [3.8, 4) is 0 Å². The van der Waals surface area contributed by atoms with Crippen LogP contribution in [0.1, 0.15) is 44.2 Å². The Morgan fingerprint density at radius 1 is 1.24 bits per heavy atom. The number of carbonyl (C=O) groups excluding carboxylic acids is 1. The number of hydrogen-bond donors (Lipinski definition) is 4. The fourth-order valence-corrected chi connectivity index (χ4v) is 3.92. The van der Waals surface area contributed by atoms with Crippen LogP contribution in [0, 0.1) is 0 Å². The Hall–Kier alpha value is -3.87. The predicted molar refractivity (Wildman–Crippen MR) is 120 cm³/mol. The van der Waals surface area contributed by atoms with Crippen LogP contribution in [0.15, 0.2) is 24.7 Å². The summed E-state index contributed by atoms with van der Waals surface area (Å²) in [6, 6.07) is 1.96. The molecule has 33 heavy (non-hydrogen) atoms. The van der Waals surface area contributed by atoms with Crippen molar-refractivity contribution in [1.29, 1.82) is 0 Å². The highest BCUT2D eigenvalue weighted by molar-refractivity contribution is 5.99. The quantitative estimate of drug-likeness (QED) is 0.371. The molecule has 13 nitrogen and oxygen atoms in total. The first-order chi connectivity index (χ1) is 16.0. The van der Waals surface area contributed by atoms with Gasteiger partial charge in [0, 0.05) is 30.9 Å². The Bertz CT molecular complexity index is 1130. The summed E-state index contributed by atoms with van der Waals surface area (Å²) >= 11 is 0. The largest absolute Gasteiger partial charge is 0.326 e. The summed E-state index contributed by atoms with van der Waals surface area (Å²) in [6.07, 6.45) is 8.34. The monoisotopic (exact) mass is 451 g/mol. The number of H-pyrrole nitrogens is 1. The molecule has 2 aliphatic rings. The predicted octanol–water partition coefficient (Wildman–Crippen LogP) is 1.98. The van der Waals surface area contributed by atoms with Gasteiger partial charge < -0.3 is 15.5 Å². The van der Waals surface area contributed by atoms with Gasteiger partial charge in [-0.3, -0.25) is 19.7 Å². The number of carbonyl (C=O) groups is 1. The number of amides is 1. The third-order valence-electron chi connectivity index (χ3n) is 5.83. The second-order valence-electron chi connectivity index (χ2n) is 8.27. The number of hydrogen-bond acceptors (Lipinski definition) is 11. The molecule has 1 amide bonds. The first kappa shape index (κ1) is 21.0. The summed E-state index contributed by atoms with van der Waals surface area (Å²) in [7, 11) is 1.47. The van der Waals surface area contributed by atoms with E-state index in [-0.39, 0.29) is 11.9 Å². The van der Waals surface area contributed by atoms with Gasteiger partial charge in [-0.2, -0.15) is 20.1 Å². The molecule has 1 atom stereocenters. The van der Waals surface area contributed by atoms with E-state index in [0.717, 1.165) is 25.0 Å². The maximum Gasteiger partial charge on any atom is 0.253 e. The molecule has 0 radical (unpaired) electrons. The number of anilines is 5. The van der Waals surface area contributed by atoms with E-state index in [2.05, 4.69) is 51.2 Å². The smallest absolute Gasteiger partial charge is 0.253 e. The Morgan fingerprint density at radius 3 is 2.85 bits per heavy atom. The molecule has 3 aromatic heterocycles. The van der Waals surface area contributed by atoms with Crippen molar-refractivity contribution >= 4 is 35.4 Å². The van der Waals surface area contributed by atoms with Crippen LogP contribution in [0.5, 0.6) is 0 Å². The van der Waals surface area contributed by atoms with Crippen LogP contribution in [0.3, 0.4) is 0 Å². The Labute approximate surface area is 189 Å². The van der Waals surface area contributed by atoms with Gasteiger partial charge in [0.1, 0.15) is 11.4 Å². The normalized spacial score (nSPS) is 20.0. The second kappa shape index (κ2) is 8.58. The molecule has 1 saturated heterocycles. The van der Waals surface area contributed by atoms with E-state index in [0.29, 0.717) is 42.4 Å². The van der Waals surface area contributed by atoms with Crippen LogP contribution >= 0.6 is 0 Å². The van der Waals surface area contributed by atoms with Crippen LogP contribution in [-0.4, -0.2) is 60.2 Å². The molecule has 13 heteroatoms. The minimum Gasteiger partial charge on any atom is -0.326 e. The molecule has 1 aliphatic heterocycles. The zero-order chi connectivity index (χ0) is 22.8. The molecule has 5 rings (SSSR count). The standard InChI is InChI=1S/C20H25N11O2/c1-20(16(32)23-15-11-21-7-8-22-15)6-3-9-31(20)19-26-17(25-18(27-19)30-33-2)24-14-10-13(28-29-14)12-4-5-12/h7-8,10-12H,3-6,9H2,1-2H3,(H,22,23,32)(H3,24,25,26,27,28,29,30)/t20-/m0/s1. The average Bonchev–Trinajstić information content (AvgIpc) is 3.43. The summed E-state index contributed by atoms with van der Waals surface area (Å²) < 4.78 is 0. The van der Waals surface area contributed by atoms with E-state index in [9.17, 15) is 4.79 Å². The number of rotatable bonds is 8. The SMILES string of the molecule is CONc1nc(Nc2cc(C3CC3)n[nH]2)nc(N2CCC[C@@]2(C)C(=O)Nc2cnccn2)n1. The molecule has 4 heterocycles. The number of aromatic amines is 1. The molecular weight excluding hydrogens is 426 g/mol. The molecule has 172 valence electrons. The lowest BCUT2D eigenvalue weighted by atomic mass is 9.98. The van der Waals surface area contributed by atoms with Gasteiger partial charge in [0.05, 0.1) is 19.0 Å². The van der Waals surface area contributed by atoms with Crippen LogP contribution in [0.25, 0.3) is 0 Å². The van der Waals surface area contributed by atoms with Crippen molar-refractivity contribution < 1.29 is 9.63 Å². The lowest BCUT2D eigenvalue weighted by molar-refractivity contribution is -0.120. The van der Waals surface area contributed by atoms with Crippen molar-refractivity contribution in [2.75, 3.05) is 34.7 Å². The average molecular weight is 451 g/mol. The number of nitrogens with one attached hydrogen (secondary N) is 4. The molecule has 1 aliphatic carbocycles. The van der Waals surface area contributed by atoms with Gasteiger partial charge in [0.15, 0.2) is 5.82 Å². The van der Waals surface area contributed by atoms with E-state index < -0.39 is 5.54 Å². The molecule has 1 saturated carbocycles. The van der Waals surface area contributed by atoms with E-state index in [1.807, 2.05) is 17.9 Å². The molecule has 0 bridgehead atoms. The van der Waals surface area contributed by atoms with Crippen molar-refractivity contribution in [2.24, 2.45) is 0 Å². The molecule has 4 N–H and O–H groups in total. The van der Waals surface area contributed by atoms with Gasteiger partial charge in [0.25, 0.3) is 11.9 Å². The van der Waals surface area contributed by atoms with E-state index in [1.165, 1.54) is 19.5 Å². The van der Waals surface area contributed by atoms with Gasteiger partial charge >= 0.3 is 0 Å². The molecule has 2 fully saturated rings. The zero-order valence-electron chi connectivity index (χ0n) is 18.4. The zero-order valence-corrected chi connectivity index (χ0v) is 18.4. The number of nitrogens with zero attached hydrogens (tertiary/aromatic N) is 7. The molecular formula is C20H25N11O2. The minimum absolute atomic E-state index is 0.209. The van der Waals surface area contributed by atoms with E-state index in [1.54, 1.807) is 6.20 Å². The highest BCUT2D eigenvalue weighted by atomic mass is 16.6. The molecule has 0 aromatic carbocycles. The molecule has 0 unspecified atom stereocenters. The van der Waals surface area contributed by atoms with E-state index in [4.69, 9.17) is 4.84 Å². The Morgan fingerprint density at radius 2 is 2.09 bits per heavy atom. The van der Waals surface area contributed by atoms with Crippen molar-refractivity contribution in [3.63, 3.8) is 0 Å². The van der Waals surface area contributed by atoms with Gasteiger partial charge in [-0.15, -0.1) is 0 Å². The van der Waals surface area contributed by atoms with Gasteiger partial charge in [0.2, 0.25) is 11.9 Å². The maximum absolute atomic E-state index is 13.2. The summed E-state index contributed by atoms with van der Waals surface area (Å²) in [5, 5.41) is 13.3. The van der Waals surface area contributed by atoms with Crippen LogP contribution in [-0.2, 0) is 9.63 Å². The Kier molecular flexibility index (Phi) is 5.46. The first-order valence-electron chi connectivity index (χ1n) is 10.8. The molecule has 0 spiro atoms. The van der Waals surface area contributed by atoms with Gasteiger partial charge in [-0.25, -0.2) is 10.5 Å². The Balaban J connectivity index is 1.41. The number of aromatic nitrogens is 7. The minimum atomic E-state index is -0.881. The second-order valence-corrected chi connectivity index (χ2v) is 8.27. The summed E-state index contributed by atoms with van der Waals surface area (Å²) in [6.45, 7) is 2.47. The van der Waals surface area contributed by atoms with Gasteiger partial charge in [-0.05, 0) is 32.6 Å². The highest BCUT2D eigenvalue weighted by Gasteiger charge is 2.45. The lowest BCUT2D eigenvalue weighted by Gasteiger charge is -2.33. The summed E-state index contributed by atoms with van der Waals surface area (Å²) in [4.78, 5) is 41.7. The van der Waals surface area contributed by atoms with E-state index >= 15 is 0 Å². The topological polar surface area (TPSA) is 159 Å². The van der Waals surface area contributed by atoms with Gasteiger partial charge in [-0.1, -0.05) is 0 Å². The van der Waals surface area contributed by atoms with Crippen LogP contribution in [0.4, 0.5) is 29.5 Å². The maximum atomic E-state index is 13.2. The fourth-order valence-electron chi connectivity index (χ4n) is 3.92. The van der Waals surface area contributed by atoms with Crippen molar-refractivity contribution in [3.05, 3.63) is 30.4 Å². The third-order valence-corrected chi connectivity index (χ3v) is 5.83. The van der Waals surface area contributed by atoms with Crippen molar-refractivity contribution in [2.45, 2.75) is 44.1 Å². The van der Waals surface area contributed by atoms with Crippen molar-refractivity contribution in [1.82, 2.24) is 35.1 Å². The highest BCUT2D eigenvalue weighted by Crippen LogP contribution is 2.39. The fraction of sp³-hybridized carbons (Fsp3) is 0.450. The molecule has 3 aromatic rings. The lowest BCUT2D eigenvalue weighted by Crippen LogP contribution is -2.51. The van der Waals surface area contributed by atoms with Crippen LogP contribution in [0.2, 0.25) is 0 Å². The summed E-state index contributed by atoms with van der Waals surface area (Å²) in [5.74, 6) is 2.25. The third kappa shape index (κ3) is 4.39. The summed E-state index contributed by atoms with van der Waals surface area (Å²) in [5.41, 5.74) is 2.80. The van der Waals surface area contributed by atoms with Crippen LogP contribution < -0.4 is 21.0 Å². The first-order valence-corrected chi connectivity index (χ1v) is 10.8.